The third-order valence-electron chi connectivity index (χ3n) is 3.06. The molecule has 0 fully saturated rings. The van der Waals surface area contributed by atoms with Crippen LogP contribution in [-0.2, 0) is 9.53 Å². The molecule has 1 aromatic heterocycles. The predicted octanol–water partition coefficient (Wildman–Crippen LogP) is 4.53. The van der Waals surface area contributed by atoms with Crippen molar-refractivity contribution in [3.63, 3.8) is 0 Å². The van der Waals surface area contributed by atoms with Crippen LogP contribution in [0.25, 0.3) is 11.3 Å². The van der Waals surface area contributed by atoms with E-state index in [9.17, 15) is 4.79 Å². The van der Waals surface area contributed by atoms with Crippen molar-refractivity contribution in [2.45, 2.75) is 26.7 Å². The zero-order chi connectivity index (χ0) is 15.9. The van der Waals surface area contributed by atoms with Crippen LogP contribution < -0.4 is 5.32 Å². The summed E-state index contributed by atoms with van der Waals surface area (Å²) in [4.78, 5) is 17.4. The summed E-state index contributed by atoms with van der Waals surface area (Å²) < 4.78 is 5.22. The maximum Gasteiger partial charge on any atom is 0.226 e. The molecule has 4 nitrogen and oxygen atoms in total. The van der Waals surface area contributed by atoms with E-state index in [2.05, 4.69) is 10.3 Å². The van der Waals surface area contributed by atoms with Gasteiger partial charge >= 0.3 is 0 Å². The van der Waals surface area contributed by atoms with E-state index in [0.29, 0.717) is 36.2 Å². The third-order valence-corrected chi connectivity index (χ3v) is 4.20. The molecular weight excluding hydrogens is 320 g/mol. The minimum absolute atomic E-state index is 0.0314. The zero-order valence-electron chi connectivity index (χ0n) is 12.7. The fourth-order valence-corrected chi connectivity index (χ4v) is 2.96. The molecule has 0 spiro atoms. The first-order valence-electron chi connectivity index (χ1n) is 7.21. The molecule has 1 aromatic carbocycles. The Morgan fingerprint density at radius 3 is 2.77 bits per heavy atom. The molecule has 2 rings (SSSR count). The number of aromatic nitrogens is 1. The maximum atomic E-state index is 11.9. The quantitative estimate of drug-likeness (QED) is 0.755. The lowest BCUT2D eigenvalue weighted by atomic mass is 10.1. The molecule has 0 unspecified atom stereocenters. The van der Waals surface area contributed by atoms with Crippen LogP contribution in [0.2, 0.25) is 5.02 Å². The van der Waals surface area contributed by atoms with Crippen LogP contribution in [0.1, 0.15) is 24.6 Å². The van der Waals surface area contributed by atoms with Crippen LogP contribution in [0.5, 0.6) is 0 Å². The zero-order valence-corrected chi connectivity index (χ0v) is 14.3. The summed E-state index contributed by atoms with van der Waals surface area (Å²) in [6.07, 6.45) is 1.16. The molecule has 0 saturated carbocycles. The van der Waals surface area contributed by atoms with Gasteiger partial charge in [0.2, 0.25) is 5.91 Å². The number of halogens is 1. The molecule has 0 bridgehead atoms. The van der Waals surface area contributed by atoms with Gasteiger partial charge < -0.3 is 10.1 Å². The van der Waals surface area contributed by atoms with Crippen LogP contribution in [0.4, 0.5) is 5.13 Å². The smallest absolute Gasteiger partial charge is 0.226 e. The van der Waals surface area contributed by atoms with E-state index < -0.39 is 0 Å². The average molecular weight is 339 g/mol. The van der Waals surface area contributed by atoms with Gasteiger partial charge in [-0.2, -0.15) is 0 Å². The van der Waals surface area contributed by atoms with E-state index in [1.54, 1.807) is 0 Å². The highest BCUT2D eigenvalue weighted by molar-refractivity contribution is 7.16. The van der Waals surface area contributed by atoms with Crippen LogP contribution in [0, 0.1) is 6.92 Å². The van der Waals surface area contributed by atoms with Gasteiger partial charge in [0.25, 0.3) is 0 Å². The first-order chi connectivity index (χ1) is 10.6. The minimum Gasteiger partial charge on any atom is -0.382 e. The first kappa shape index (κ1) is 16.9. The van der Waals surface area contributed by atoms with E-state index in [1.165, 1.54) is 11.3 Å². The maximum absolute atomic E-state index is 11.9. The standard InChI is InChI=1S/C16H19ClN2O2S/c1-3-21-10-4-5-14(20)18-16-19-15(11(2)22-16)12-6-8-13(17)9-7-12/h6-9H,3-5,10H2,1-2H3,(H,18,19,20). The summed E-state index contributed by atoms with van der Waals surface area (Å²) in [6, 6.07) is 7.53. The van der Waals surface area contributed by atoms with Gasteiger partial charge in [-0.1, -0.05) is 23.7 Å². The summed E-state index contributed by atoms with van der Waals surface area (Å²) in [5, 5.41) is 4.17. The highest BCUT2D eigenvalue weighted by Crippen LogP contribution is 2.31. The Morgan fingerprint density at radius 2 is 2.09 bits per heavy atom. The lowest BCUT2D eigenvalue weighted by Gasteiger charge is -2.02. The summed E-state index contributed by atoms with van der Waals surface area (Å²) in [7, 11) is 0. The molecular formula is C16H19ClN2O2S. The Bertz CT molecular complexity index is 626. The molecule has 0 aliphatic heterocycles. The average Bonchev–Trinajstić information content (AvgIpc) is 2.85. The predicted molar refractivity (Wildman–Crippen MR) is 91.7 cm³/mol. The van der Waals surface area contributed by atoms with Crippen molar-refractivity contribution < 1.29 is 9.53 Å². The summed E-state index contributed by atoms with van der Waals surface area (Å²) in [5.74, 6) is -0.0314. The normalized spacial score (nSPS) is 10.7. The van der Waals surface area contributed by atoms with E-state index in [0.717, 1.165) is 16.1 Å². The number of thiazole rings is 1. The number of aryl methyl sites for hydroxylation is 1. The lowest BCUT2D eigenvalue weighted by Crippen LogP contribution is -2.12. The molecule has 0 saturated heterocycles. The molecule has 0 atom stereocenters. The number of nitrogens with zero attached hydrogens (tertiary/aromatic N) is 1. The second-order valence-corrected chi connectivity index (χ2v) is 6.42. The van der Waals surface area contributed by atoms with Crippen molar-refractivity contribution in [3.05, 3.63) is 34.2 Å². The fraction of sp³-hybridized carbons (Fsp3) is 0.375. The number of carbonyl (C=O) groups is 1. The Labute approximate surface area is 139 Å². The molecule has 0 aliphatic rings. The van der Waals surface area contributed by atoms with Gasteiger partial charge in [-0.05, 0) is 32.4 Å². The largest absolute Gasteiger partial charge is 0.382 e. The van der Waals surface area contributed by atoms with Gasteiger partial charge in [-0.25, -0.2) is 4.98 Å². The van der Waals surface area contributed by atoms with Crippen molar-refractivity contribution in [1.82, 2.24) is 4.98 Å². The number of hydrogen-bond acceptors (Lipinski definition) is 4. The lowest BCUT2D eigenvalue weighted by molar-refractivity contribution is -0.116. The van der Waals surface area contributed by atoms with Crippen LogP contribution in [0.3, 0.4) is 0 Å². The van der Waals surface area contributed by atoms with Crippen LogP contribution in [-0.4, -0.2) is 24.1 Å². The molecule has 0 aliphatic carbocycles. The second-order valence-electron chi connectivity index (χ2n) is 4.78. The topological polar surface area (TPSA) is 51.2 Å². The molecule has 1 heterocycles. The van der Waals surface area contributed by atoms with Gasteiger partial charge in [-0.15, -0.1) is 11.3 Å². The Kier molecular flexibility index (Phi) is 6.36. The van der Waals surface area contributed by atoms with Gasteiger partial charge in [0.15, 0.2) is 5.13 Å². The van der Waals surface area contributed by atoms with Gasteiger partial charge in [-0.3, -0.25) is 4.79 Å². The van der Waals surface area contributed by atoms with Crippen molar-refractivity contribution in [2.75, 3.05) is 18.5 Å². The number of carbonyl (C=O) groups excluding carboxylic acids is 1. The third kappa shape index (κ3) is 4.80. The van der Waals surface area contributed by atoms with Gasteiger partial charge in [0.1, 0.15) is 0 Å². The molecule has 1 N–H and O–H groups in total. The highest BCUT2D eigenvalue weighted by atomic mass is 35.5. The number of benzene rings is 1. The Balaban J connectivity index is 1.97. The number of hydrogen-bond donors (Lipinski definition) is 1. The summed E-state index contributed by atoms with van der Waals surface area (Å²) in [5.41, 5.74) is 1.88. The summed E-state index contributed by atoms with van der Waals surface area (Å²) >= 11 is 7.38. The first-order valence-corrected chi connectivity index (χ1v) is 8.40. The van der Waals surface area contributed by atoms with Crippen molar-refractivity contribution >= 4 is 34.0 Å². The van der Waals surface area contributed by atoms with Crippen molar-refractivity contribution in [3.8, 4) is 11.3 Å². The summed E-state index contributed by atoms with van der Waals surface area (Å²) in [6.45, 7) is 5.22. The molecule has 0 radical (unpaired) electrons. The van der Waals surface area contributed by atoms with Crippen LogP contribution in [0.15, 0.2) is 24.3 Å². The van der Waals surface area contributed by atoms with E-state index in [4.69, 9.17) is 16.3 Å². The van der Waals surface area contributed by atoms with Crippen molar-refractivity contribution in [2.24, 2.45) is 0 Å². The van der Waals surface area contributed by atoms with Crippen molar-refractivity contribution in [1.29, 1.82) is 0 Å². The van der Waals surface area contributed by atoms with Gasteiger partial charge in [0, 0.05) is 35.1 Å². The molecule has 2 aromatic rings. The number of anilines is 1. The number of nitrogens with one attached hydrogen (secondary N) is 1. The molecule has 22 heavy (non-hydrogen) atoms. The Hall–Kier alpha value is -1.43. The van der Waals surface area contributed by atoms with Gasteiger partial charge in [0.05, 0.1) is 5.69 Å². The highest BCUT2D eigenvalue weighted by Gasteiger charge is 2.12. The molecule has 118 valence electrons. The van der Waals surface area contributed by atoms with Crippen LogP contribution >= 0.6 is 22.9 Å². The fourth-order valence-electron chi connectivity index (χ4n) is 1.99. The monoisotopic (exact) mass is 338 g/mol. The molecule has 1 amide bonds. The number of ether oxygens (including phenoxy) is 1. The molecule has 6 heteroatoms. The SMILES string of the molecule is CCOCCCC(=O)Nc1nc(-c2ccc(Cl)cc2)c(C)s1. The second kappa shape index (κ2) is 8.27. The minimum atomic E-state index is -0.0314. The Morgan fingerprint density at radius 1 is 1.36 bits per heavy atom. The van der Waals surface area contributed by atoms with E-state index in [-0.39, 0.29) is 5.91 Å². The number of rotatable bonds is 7. The van der Waals surface area contributed by atoms with E-state index in [1.807, 2.05) is 38.1 Å². The number of amides is 1. The van der Waals surface area contributed by atoms with E-state index >= 15 is 0 Å².